The van der Waals surface area contributed by atoms with Crippen molar-refractivity contribution in [2.45, 2.75) is 45.1 Å². The maximum absolute atomic E-state index is 13.2. The standard InChI is InChI=1S/C19H25N3O2S/c1-12-9-13(10-14-16(12)21-18(20)25-14)17(23)22-8-4-7-19(11-22)6-3-5-15(19)24-2/h9-10,15H,3-8,11H2,1-2H3,(H2,20,21)/t15-,19-/m1/s1. The fourth-order valence-corrected chi connectivity index (χ4v) is 5.65. The van der Waals surface area contributed by atoms with E-state index < -0.39 is 0 Å². The van der Waals surface area contributed by atoms with Gasteiger partial charge in [0, 0.05) is 31.2 Å². The van der Waals surface area contributed by atoms with Crippen LogP contribution in [0.3, 0.4) is 0 Å². The van der Waals surface area contributed by atoms with E-state index in [9.17, 15) is 4.79 Å². The van der Waals surface area contributed by atoms with Gasteiger partial charge >= 0.3 is 0 Å². The predicted octanol–water partition coefficient (Wildman–Crippen LogP) is 3.61. The smallest absolute Gasteiger partial charge is 0.253 e. The molecule has 134 valence electrons. The molecule has 5 nitrogen and oxygen atoms in total. The van der Waals surface area contributed by atoms with Crippen LogP contribution in [-0.2, 0) is 4.74 Å². The highest BCUT2D eigenvalue weighted by Crippen LogP contribution is 2.46. The second kappa shape index (κ2) is 6.25. The van der Waals surface area contributed by atoms with Gasteiger partial charge in [-0.1, -0.05) is 17.8 Å². The SMILES string of the molecule is CO[C@@H]1CCC[C@]12CCCN(C(=O)c1cc(C)c3nc(N)sc3c1)C2. The highest BCUT2D eigenvalue weighted by Gasteiger charge is 2.46. The monoisotopic (exact) mass is 359 g/mol. The lowest BCUT2D eigenvalue weighted by Gasteiger charge is -2.43. The van der Waals surface area contributed by atoms with Crippen molar-refractivity contribution in [1.82, 2.24) is 9.88 Å². The van der Waals surface area contributed by atoms with Crippen molar-refractivity contribution in [2.75, 3.05) is 25.9 Å². The third kappa shape index (κ3) is 2.81. The van der Waals surface area contributed by atoms with Gasteiger partial charge in [0.15, 0.2) is 5.13 Å². The number of rotatable bonds is 2. The number of hydrogen-bond donors (Lipinski definition) is 1. The number of methoxy groups -OCH3 is 1. The number of ether oxygens (including phenoxy) is 1. The number of thiazole rings is 1. The van der Waals surface area contributed by atoms with Crippen LogP contribution >= 0.6 is 11.3 Å². The first-order chi connectivity index (χ1) is 12.0. The molecule has 2 N–H and O–H groups in total. The zero-order valence-electron chi connectivity index (χ0n) is 14.9. The van der Waals surface area contributed by atoms with Gasteiger partial charge in [-0.15, -0.1) is 0 Å². The lowest BCUT2D eigenvalue weighted by Crippen LogP contribution is -2.49. The van der Waals surface area contributed by atoms with Crippen LogP contribution in [0.4, 0.5) is 5.13 Å². The highest BCUT2D eigenvalue weighted by atomic mass is 32.1. The van der Waals surface area contributed by atoms with Crippen LogP contribution in [0.15, 0.2) is 12.1 Å². The number of benzene rings is 1. The van der Waals surface area contributed by atoms with Gasteiger partial charge in [-0.3, -0.25) is 4.79 Å². The van der Waals surface area contributed by atoms with Crippen molar-refractivity contribution >= 4 is 32.6 Å². The van der Waals surface area contributed by atoms with Gasteiger partial charge in [-0.25, -0.2) is 4.98 Å². The summed E-state index contributed by atoms with van der Waals surface area (Å²) >= 11 is 1.44. The van der Waals surface area contributed by atoms with E-state index in [4.69, 9.17) is 10.5 Å². The Kier molecular flexibility index (Phi) is 4.20. The predicted molar refractivity (Wildman–Crippen MR) is 101 cm³/mol. The van der Waals surface area contributed by atoms with Crippen LogP contribution in [0.2, 0.25) is 0 Å². The summed E-state index contributed by atoms with van der Waals surface area (Å²) in [6.07, 6.45) is 5.99. The molecule has 2 heterocycles. The summed E-state index contributed by atoms with van der Waals surface area (Å²) in [5.41, 5.74) is 8.65. The van der Waals surface area contributed by atoms with Crippen LogP contribution in [-0.4, -0.2) is 42.1 Å². The summed E-state index contributed by atoms with van der Waals surface area (Å²) < 4.78 is 6.75. The van der Waals surface area contributed by atoms with Crippen molar-refractivity contribution in [1.29, 1.82) is 0 Å². The van der Waals surface area contributed by atoms with E-state index in [1.165, 1.54) is 30.6 Å². The molecule has 25 heavy (non-hydrogen) atoms. The number of fused-ring (bicyclic) bond motifs is 1. The molecule has 1 aliphatic carbocycles. The van der Waals surface area contributed by atoms with E-state index in [0.29, 0.717) is 5.13 Å². The molecule has 2 aliphatic rings. The second-order valence-corrected chi connectivity index (χ2v) is 8.56. The number of anilines is 1. The number of nitrogens with zero attached hydrogens (tertiary/aromatic N) is 2. The topological polar surface area (TPSA) is 68.5 Å². The Morgan fingerprint density at radius 3 is 3.00 bits per heavy atom. The fourth-order valence-electron chi connectivity index (χ4n) is 4.79. The van der Waals surface area contributed by atoms with E-state index in [1.807, 2.05) is 31.1 Å². The van der Waals surface area contributed by atoms with E-state index in [1.54, 1.807) is 0 Å². The van der Waals surface area contributed by atoms with E-state index in [0.717, 1.165) is 47.3 Å². The molecule has 0 unspecified atom stereocenters. The number of carbonyl (C=O) groups excluding carboxylic acids is 1. The summed E-state index contributed by atoms with van der Waals surface area (Å²) in [5.74, 6) is 0.123. The average Bonchev–Trinajstić information content (AvgIpc) is 3.17. The molecule has 1 amide bonds. The average molecular weight is 359 g/mol. The van der Waals surface area contributed by atoms with Gasteiger partial charge in [0.2, 0.25) is 0 Å². The lowest BCUT2D eigenvalue weighted by molar-refractivity contribution is -0.0295. The first-order valence-electron chi connectivity index (χ1n) is 9.01. The van der Waals surface area contributed by atoms with Crippen molar-refractivity contribution in [3.05, 3.63) is 23.3 Å². The normalized spacial score (nSPS) is 26.6. The summed E-state index contributed by atoms with van der Waals surface area (Å²) in [4.78, 5) is 19.6. The number of nitrogen functional groups attached to an aromatic ring is 1. The molecule has 2 fully saturated rings. The Balaban J connectivity index is 1.62. The molecule has 0 radical (unpaired) electrons. The maximum Gasteiger partial charge on any atom is 0.253 e. The Morgan fingerprint density at radius 1 is 1.40 bits per heavy atom. The third-order valence-corrected chi connectivity index (χ3v) is 6.78. The van der Waals surface area contributed by atoms with Gasteiger partial charge in [-0.2, -0.15) is 0 Å². The van der Waals surface area contributed by atoms with Gasteiger partial charge in [-0.05, 0) is 50.3 Å². The summed E-state index contributed by atoms with van der Waals surface area (Å²) in [5, 5.41) is 0.550. The number of aryl methyl sites for hydroxylation is 1. The third-order valence-electron chi connectivity index (χ3n) is 5.95. The van der Waals surface area contributed by atoms with Gasteiger partial charge in [0.05, 0.1) is 16.3 Å². The molecule has 0 bridgehead atoms. The first kappa shape index (κ1) is 16.8. The summed E-state index contributed by atoms with van der Waals surface area (Å²) in [6, 6.07) is 3.90. The fraction of sp³-hybridized carbons (Fsp3) is 0.579. The van der Waals surface area contributed by atoms with Crippen LogP contribution in [0, 0.1) is 12.3 Å². The molecule has 1 aromatic carbocycles. The number of hydrogen-bond acceptors (Lipinski definition) is 5. The van der Waals surface area contributed by atoms with Crippen molar-refractivity contribution in [2.24, 2.45) is 5.41 Å². The van der Waals surface area contributed by atoms with Crippen molar-refractivity contribution < 1.29 is 9.53 Å². The lowest BCUT2D eigenvalue weighted by atomic mass is 9.76. The minimum atomic E-state index is 0.123. The van der Waals surface area contributed by atoms with Crippen LogP contribution in [0.25, 0.3) is 10.2 Å². The maximum atomic E-state index is 13.2. The molecule has 2 aromatic rings. The molecule has 2 atom stereocenters. The number of amides is 1. The zero-order chi connectivity index (χ0) is 17.6. The highest BCUT2D eigenvalue weighted by molar-refractivity contribution is 7.22. The zero-order valence-corrected chi connectivity index (χ0v) is 15.7. The molecule has 1 aliphatic heterocycles. The van der Waals surface area contributed by atoms with Crippen LogP contribution in [0.5, 0.6) is 0 Å². The number of carbonyl (C=O) groups is 1. The Morgan fingerprint density at radius 2 is 2.20 bits per heavy atom. The minimum absolute atomic E-state index is 0.123. The number of aromatic nitrogens is 1. The van der Waals surface area contributed by atoms with E-state index >= 15 is 0 Å². The van der Waals surface area contributed by atoms with Crippen molar-refractivity contribution in [3.63, 3.8) is 0 Å². The minimum Gasteiger partial charge on any atom is -0.381 e. The first-order valence-corrected chi connectivity index (χ1v) is 9.83. The van der Waals surface area contributed by atoms with Crippen molar-refractivity contribution in [3.8, 4) is 0 Å². The number of likely N-dealkylation sites (tertiary alicyclic amines) is 1. The van der Waals surface area contributed by atoms with Crippen LogP contribution < -0.4 is 5.73 Å². The molecule has 1 spiro atoms. The Hall–Kier alpha value is -1.66. The Labute approximate surface area is 152 Å². The molecule has 1 saturated heterocycles. The number of nitrogens with two attached hydrogens (primary N) is 1. The van der Waals surface area contributed by atoms with E-state index in [-0.39, 0.29) is 17.4 Å². The summed E-state index contributed by atoms with van der Waals surface area (Å²) in [7, 11) is 1.81. The van der Waals surface area contributed by atoms with Crippen LogP contribution in [0.1, 0.15) is 48.0 Å². The molecule has 4 rings (SSSR count). The van der Waals surface area contributed by atoms with E-state index in [2.05, 4.69) is 4.98 Å². The molecular weight excluding hydrogens is 334 g/mol. The largest absolute Gasteiger partial charge is 0.381 e. The molecular formula is C19H25N3O2S. The van der Waals surface area contributed by atoms with Gasteiger partial charge in [0.1, 0.15) is 0 Å². The van der Waals surface area contributed by atoms with Gasteiger partial charge in [0.25, 0.3) is 5.91 Å². The quantitative estimate of drug-likeness (QED) is 0.889. The molecule has 1 saturated carbocycles. The van der Waals surface area contributed by atoms with Gasteiger partial charge < -0.3 is 15.4 Å². The second-order valence-electron chi connectivity index (χ2n) is 7.50. The summed E-state index contributed by atoms with van der Waals surface area (Å²) in [6.45, 7) is 3.64. The molecule has 1 aromatic heterocycles. The Bertz CT molecular complexity index is 818. The molecule has 6 heteroatoms. The number of piperidine rings is 1.